The van der Waals surface area contributed by atoms with Gasteiger partial charge in [-0.3, -0.25) is 4.79 Å². The number of amides is 1. The summed E-state index contributed by atoms with van der Waals surface area (Å²) >= 11 is 5.82. The lowest BCUT2D eigenvalue weighted by Gasteiger charge is -2.13. The third kappa shape index (κ3) is 4.72. The van der Waals surface area contributed by atoms with E-state index in [1.165, 1.54) is 12.1 Å². The zero-order chi connectivity index (χ0) is 15.2. The van der Waals surface area contributed by atoms with Crippen LogP contribution in [0.1, 0.15) is 12.8 Å². The molecule has 21 heavy (non-hydrogen) atoms. The first kappa shape index (κ1) is 15.8. The lowest BCUT2D eigenvalue weighted by Crippen LogP contribution is -2.33. The number of aliphatic hydroxyl groups is 1. The third-order valence-electron chi connectivity index (χ3n) is 3.23. The molecule has 1 aromatic carbocycles. The van der Waals surface area contributed by atoms with Gasteiger partial charge in [0.15, 0.2) is 0 Å². The Hall–Kier alpha value is -1.59. The van der Waals surface area contributed by atoms with E-state index in [-0.39, 0.29) is 42.5 Å². The van der Waals surface area contributed by atoms with Crippen LogP contribution >= 0.6 is 11.6 Å². The third-order valence-corrected chi connectivity index (χ3v) is 3.53. The lowest BCUT2D eigenvalue weighted by atomic mass is 10.1. The molecule has 0 bridgehead atoms. The highest BCUT2D eigenvalue weighted by molar-refractivity contribution is 6.32. The molecule has 6 heteroatoms. The van der Waals surface area contributed by atoms with Crippen molar-refractivity contribution in [3.8, 4) is 5.75 Å². The van der Waals surface area contributed by atoms with Crippen molar-refractivity contribution in [1.82, 2.24) is 5.32 Å². The van der Waals surface area contributed by atoms with Crippen LogP contribution in [0.25, 0.3) is 0 Å². The van der Waals surface area contributed by atoms with Gasteiger partial charge in [-0.15, -0.1) is 0 Å². The molecule has 0 saturated carbocycles. The minimum Gasteiger partial charge on any atom is -0.491 e. The van der Waals surface area contributed by atoms with E-state index in [1.807, 2.05) is 12.2 Å². The van der Waals surface area contributed by atoms with E-state index >= 15 is 0 Å². The predicted octanol–water partition coefficient (Wildman–Crippen LogP) is 2.30. The van der Waals surface area contributed by atoms with E-state index in [1.54, 1.807) is 0 Å². The molecule has 4 nitrogen and oxygen atoms in total. The summed E-state index contributed by atoms with van der Waals surface area (Å²) in [6.07, 6.45) is 4.69. The highest BCUT2D eigenvalue weighted by Gasteiger charge is 2.19. The summed E-state index contributed by atoms with van der Waals surface area (Å²) in [6, 6.07) is 3.81. The molecule has 0 aliphatic heterocycles. The van der Waals surface area contributed by atoms with Gasteiger partial charge >= 0.3 is 0 Å². The van der Waals surface area contributed by atoms with E-state index in [4.69, 9.17) is 21.4 Å². The zero-order valence-corrected chi connectivity index (χ0v) is 12.1. The number of ether oxygens (including phenoxy) is 1. The molecule has 1 aliphatic carbocycles. The minimum atomic E-state index is -0.434. The van der Waals surface area contributed by atoms with Crippen LogP contribution in [0.5, 0.6) is 5.75 Å². The van der Waals surface area contributed by atoms with Gasteiger partial charge in [0, 0.05) is 18.6 Å². The molecule has 2 N–H and O–H groups in total. The molecule has 114 valence electrons. The fraction of sp³-hybridized carbons (Fsp3) is 0.400. The molecular formula is C15H17ClFNO3. The number of nitrogens with one attached hydrogen (secondary N) is 1. The first-order valence-electron chi connectivity index (χ1n) is 6.75. The average molecular weight is 314 g/mol. The Kier molecular flexibility index (Phi) is 5.59. The van der Waals surface area contributed by atoms with Crippen LogP contribution in [-0.2, 0) is 4.79 Å². The number of halogens is 2. The van der Waals surface area contributed by atoms with Gasteiger partial charge in [-0.05, 0) is 24.6 Å². The standard InChI is InChI=1S/C15H17ClFNO3/c16-13-8-11(17)2-4-14(13)21-6-5-15(20)18-12-3-1-10(7-12)9-19/h1-4,8,10,12,19H,5-7,9H2,(H,18,20)/t10-,12+/m0/s1. The van der Waals surface area contributed by atoms with Crippen molar-refractivity contribution in [1.29, 1.82) is 0 Å². The summed E-state index contributed by atoms with van der Waals surface area (Å²) in [5, 5.41) is 12.0. The Morgan fingerprint density at radius 2 is 2.29 bits per heavy atom. The predicted molar refractivity (Wildman–Crippen MR) is 77.8 cm³/mol. The van der Waals surface area contributed by atoms with Crippen LogP contribution in [0.3, 0.4) is 0 Å². The van der Waals surface area contributed by atoms with E-state index < -0.39 is 5.82 Å². The maximum atomic E-state index is 12.9. The molecule has 2 atom stereocenters. The second kappa shape index (κ2) is 7.43. The molecular weight excluding hydrogens is 297 g/mol. The molecule has 1 amide bonds. The number of hydrogen-bond donors (Lipinski definition) is 2. The number of carbonyl (C=O) groups excluding carboxylic acids is 1. The molecule has 2 rings (SSSR count). The van der Waals surface area contributed by atoms with Crippen molar-refractivity contribution >= 4 is 17.5 Å². The highest BCUT2D eigenvalue weighted by Crippen LogP contribution is 2.24. The first-order chi connectivity index (χ1) is 10.1. The van der Waals surface area contributed by atoms with Crippen molar-refractivity contribution in [2.24, 2.45) is 5.92 Å². The second-order valence-electron chi connectivity index (χ2n) is 4.91. The van der Waals surface area contributed by atoms with E-state index in [2.05, 4.69) is 5.32 Å². The maximum absolute atomic E-state index is 12.9. The molecule has 0 radical (unpaired) electrons. The van der Waals surface area contributed by atoms with E-state index in [9.17, 15) is 9.18 Å². The van der Waals surface area contributed by atoms with Gasteiger partial charge in [-0.25, -0.2) is 4.39 Å². The SMILES string of the molecule is O=C(CCOc1ccc(F)cc1Cl)N[C@@H]1C=C[C@H](CO)C1. The molecule has 1 aromatic rings. The summed E-state index contributed by atoms with van der Waals surface area (Å²) in [4.78, 5) is 11.7. The van der Waals surface area contributed by atoms with Crippen LogP contribution in [0, 0.1) is 11.7 Å². The highest BCUT2D eigenvalue weighted by atomic mass is 35.5. The number of aliphatic hydroxyl groups excluding tert-OH is 1. The smallest absolute Gasteiger partial charge is 0.223 e. The molecule has 0 spiro atoms. The summed E-state index contributed by atoms with van der Waals surface area (Å²) in [7, 11) is 0. The number of carbonyl (C=O) groups is 1. The van der Waals surface area contributed by atoms with Crippen molar-refractivity contribution in [2.75, 3.05) is 13.2 Å². The van der Waals surface area contributed by atoms with Crippen LogP contribution in [-0.4, -0.2) is 30.3 Å². The maximum Gasteiger partial charge on any atom is 0.223 e. The van der Waals surface area contributed by atoms with Crippen LogP contribution in [0.4, 0.5) is 4.39 Å². The molecule has 0 aromatic heterocycles. The van der Waals surface area contributed by atoms with Crippen molar-refractivity contribution < 1.29 is 19.0 Å². The summed E-state index contributed by atoms with van der Waals surface area (Å²) in [6.45, 7) is 0.256. The van der Waals surface area contributed by atoms with Gasteiger partial charge in [0.2, 0.25) is 5.91 Å². The van der Waals surface area contributed by atoms with Gasteiger partial charge in [0.05, 0.1) is 18.1 Å². The summed E-state index contributed by atoms with van der Waals surface area (Å²) < 4.78 is 18.2. The Bertz CT molecular complexity index is 536. The first-order valence-corrected chi connectivity index (χ1v) is 7.12. The van der Waals surface area contributed by atoms with Crippen LogP contribution < -0.4 is 10.1 Å². The van der Waals surface area contributed by atoms with Crippen LogP contribution in [0.15, 0.2) is 30.4 Å². The van der Waals surface area contributed by atoms with Gasteiger partial charge in [0.25, 0.3) is 0 Å². The van der Waals surface area contributed by atoms with Crippen LogP contribution in [0.2, 0.25) is 5.02 Å². The van der Waals surface area contributed by atoms with Crippen molar-refractivity contribution in [3.63, 3.8) is 0 Å². The normalized spacial score (nSPS) is 20.5. The zero-order valence-electron chi connectivity index (χ0n) is 11.4. The Balaban J connectivity index is 1.71. The van der Waals surface area contributed by atoms with Gasteiger partial charge < -0.3 is 15.2 Å². The van der Waals surface area contributed by atoms with Gasteiger partial charge in [-0.1, -0.05) is 23.8 Å². The number of hydrogen-bond acceptors (Lipinski definition) is 3. The largest absolute Gasteiger partial charge is 0.491 e. The Morgan fingerprint density at radius 1 is 1.48 bits per heavy atom. The Morgan fingerprint density at radius 3 is 2.95 bits per heavy atom. The quantitative estimate of drug-likeness (QED) is 0.792. The van der Waals surface area contributed by atoms with Gasteiger partial charge in [0.1, 0.15) is 11.6 Å². The second-order valence-corrected chi connectivity index (χ2v) is 5.32. The monoisotopic (exact) mass is 313 g/mol. The number of benzene rings is 1. The lowest BCUT2D eigenvalue weighted by molar-refractivity contribution is -0.122. The van der Waals surface area contributed by atoms with Crippen molar-refractivity contribution in [2.45, 2.75) is 18.9 Å². The minimum absolute atomic E-state index is 0.0379. The molecule has 1 aliphatic rings. The number of rotatable bonds is 6. The fourth-order valence-electron chi connectivity index (χ4n) is 2.14. The molecule has 0 heterocycles. The van der Waals surface area contributed by atoms with Gasteiger partial charge in [-0.2, -0.15) is 0 Å². The molecule has 0 saturated heterocycles. The Labute approximate surface area is 127 Å². The average Bonchev–Trinajstić information content (AvgIpc) is 2.89. The molecule has 0 fully saturated rings. The topological polar surface area (TPSA) is 58.6 Å². The fourth-order valence-corrected chi connectivity index (χ4v) is 2.36. The van der Waals surface area contributed by atoms with E-state index in [0.717, 1.165) is 6.07 Å². The summed E-state index contributed by atoms with van der Waals surface area (Å²) in [5.74, 6) is -0.102. The van der Waals surface area contributed by atoms with E-state index in [0.29, 0.717) is 12.2 Å². The van der Waals surface area contributed by atoms with Crippen molar-refractivity contribution in [3.05, 3.63) is 41.2 Å². The molecule has 0 unspecified atom stereocenters. The summed E-state index contributed by atoms with van der Waals surface area (Å²) in [5.41, 5.74) is 0.